The Labute approximate surface area is 206 Å². The molecule has 8 heteroatoms. The van der Waals surface area contributed by atoms with Crippen molar-refractivity contribution in [3.8, 4) is 0 Å². The quantitative estimate of drug-likeness (QED) is 0.388. The Balaban J connectivity index is 1.40. The lowest BCUT2D eigenvalue weighted by Gasteiger charge is -2.11. The number of carbonyl (C=O) groups excluding carboxylic acids is 2. The first-order chi connectivity index (χ1) is 16.9. The van der Waals surface area contributed by atoms with Crippen LogP contribution in [0.5, 0.6) is 0 Å². The molecule has 3 aromatic carbocycles. The normalized spacial score (nSPS) is 10.6. The average Bonchev–Trinajstić information content (AvgIpc) is 2.86. The minimum atomic E-state index is -0.408. The summed E-state index contributed by atoms with van der Waals surface area (Å²) in [5.41, 5.74) is 2.03. The summed E-state index contributed by atoms with van der Waals surface area (Å²) in [6, 6.07) is 22.5. The number of amides is 2. The maximum atomic E-state index is 13.7. The lowest BCUT2D eigenvalue weighted by atomic mass is 10.1. The number of benzene rings is 3. The van der Waals surface area contributed by atoms with Gasteiger partial charge in [0.05, 0.1) is 12.1 Å². The Morgan fingerprint density at radius 2 is 1.46 bits per heavy atom. The number of carbonyl (C=O) groups is 2. The highest BCUT2D eigenvalue weighted by molar-refractivity contribution is 6.31. The molecule has 0 saturated heterocycles. The summed E-state index contributed by atoms with van der Waals surface area (Å²) in [5.74, 6) is -1.16. The molecule has 0 atom stereocenters. The van der Waals surface area contributed by atoms with E-state index in [9.17, 15) is 18.8 Å². The maximum Gasteiger partial charge on any atom is 0.257 e. The van der Waals surface area contributed by atoms with Crippen molar-refractivity contribution in [2.75, 3.05) is 5.32 Å². The molecule has 0 unspecified atom stereocenters. The van der Waals surface area contributed by atoms with Crippen LogP contribution in [0, 0.1) is 5.82 Å². The van der Waals surface area contributed by atoms with Gasteiger partial charge in [0.1, 0.15) is 5.82 Å². The first-order valence-corrected chi connectivity index (χ1v) is 11.2. The lowest BCUT2D eigenvalue weighted by molar-refractivity contribution is 0.0950. The minimum Gasteiger partial charge on any atom is -0.348 e. The highest BCUT2D eigenvalue weighted by Crippen LogP contribution is 2.16. The van der Waals surface area contributed by atoms with Crippen LogP contribution < -0.4 is 16.2 Å². The number of aromatic nitrogens is 1. The van der Waals surface area contributed by atoms with Crippen molar-refractivity contribution >= 4 is 29.1 Å². The van der Waals surface area contributed by atoms with Gasteiger partial charge < -0.3 is 15.2 Å². The van der Waals surface area contributed by atoms with Gasteiger partial charge in [-0.1, -0.05) is 48.0 Å². The van der Waals surface area contributed by atoms with Gasteiger partial charge in [-0.15, -0.1) is 0 Å². The molecule has 6 nitrogen and oxygen atoms in total. The van der Waals surface area contributed by atoms with Gasteiger partial charge in [0.15, 0.2) is 0 Å². The number of pyridine rings is 1. The monoisotopic (exact) mass is 489 g/mol. The van der Waals surface area contributed by atoms with Gasteiger partial charge >= 0.3 is 0 Å². The molecule has 1 heterocycles. The van der Waals surface area contributed by atoms with Gasteiger partial charge in [-0.25, -0.2) is 4.39 Å². The first-order valence-electron chi connectivity index (χ1n) is 10.8. The molecule has 0 radical (unpaired) electrons. The molecule has 1 aromatic heterocycles. The van der Waals surface area contributed by atoms with E-state index in [1.54, 1.807) is 54.6 Å². The van der Waals surface area contributed by atoms with Gasteiger partial charge in [-0.3, -0.25) is 14.4 Å². The van der Waals surface area contributed by atoms with Crippen molar-refractivity contribution in [2.45, 2.75) is 13.1 Å². The summed E-state index contributed by atoms with van der Waals surface area (Å²) in [6.45, 7) is 0.296. The van der Waals surface area contributed by atoms with Crippen LogP contribution in [0.25, 0.3) is 0 Å². The van der Waals surface area contributed by atoms with Gasteiger partial charge in [0.25, 0.3) is 17.4 Å². The van der Waals surface area contributed by atoms with E-state index in [1.807, 2.05) is 12.1 Å². The molecular weight excluding hydrogens is 469 g/mol. The third-order valence-electron chi connectivity index (χ3n) is 5.35. The molecule has 2 amide bonds. The summed E-state index contributed by atoms with van der Waals surface area (Å²) in [5, 5.41) is 5.95. The molecule has 0 bridgehead atoms. The minimum absolute atomic E-state index is 0.0634. The molecular formula is C27H21ClFN3O3. The fraction of sp³-hybridized carbons (Fsp3) is 0.0741. The maximum absolute atomic E-state index is 13.7. The number of halogens is 2. The second kappa shape index (κ2) is 10.8. The Bertz CT molecular complexity index is 1430. The molecule has 2 N–H and O–H groups in total. The van der Waals surface area contributed by atoms with Crippen molar-refractivity contribution in [3.05, 3.63) is 135 Å². The molecule has 0 aliphatic heterocycles. The number of anilines is 1. The third kappa shape index (κ3) is 6.02. The van der Waals surface area contributed by atoms with Gasteiger partial charge in [0.2, 0.25) is 0 Å². The number of hydrogen-bond acceptors (Lipinski definition) is 3. The highest BCUT2D eigenvalue weighted by Gasteiger charge is 2.11. The van der Waals surface area contributed by atoms with E-state index in [0.717, 1.165) is 5.56 Å². The van der Waals surface area contributed by atoms with Crippen molar-refractivity contribution in [1.82, 2.24) is 9.88 Å². The van der Waals surface area contributed by atoms with Gasteiger partial charge in [-0.2, -0.15) is 0 Å². The number of hydrogen-bond donors (Lipinski definition) is 2. The van der Waals surface area contributed by atoms with Crippen LogP contribution >= 0.6 is 11.6 Å². The number of nitrogens with zero attached hydrogens (tertiary/aromatic N) is 1. The number of rotatable bonds is 7. The highest BCUT2D eigenvalue weighted by atomic mass is 35.5. The van der Waals surface area contributed by atoms with Crippen LogP contribution in [0.2, 0.25) is 5.02 Å². The van der Waals surface area contributed by atoms with E-state index < -0.39 is 5.91 Å². The first kappa shape index (κ1) is 23.9. The average molecular weight is 490 g/mol. The van der Waals surface area contributed by atoms with E-state index in [-0.39, 0.29) is 30.4 Å². The predicted octanol–water partition coefficient (Wildman–Crippen LogP) is 4.87. The summed E-state index contributed by atoms with van der Waals surface area (Å²) in [4.78, 5) is 37.4. The Morgan fingerprint density at radius 3 is 2.17 bits per heavy atom. The molecule has 176 valence electrons. The van der Waals surface area contributed by atoms with Crippen molar-refractivity contribution < 1.29 is 14.0 Å². The van der Waals surface area contributed by atoms with E-state index in [1.165, 1.54) is 29.0 Å². The molecule has 0 saturated carbocycles. The largest absolute Gasteiger partial charge is 0.348 e. The lowest BCUT2D eigenvalue weighted by Crippen LogP contribution is -2.23. The zero-order chi connectivity index (χ0) is 24.8. The molecule has 4 aromatic rings. The summed E-state index contributed by atoms with van der Waals surface area (Å²) in [6.07, 6.45) is 1.48. The fourth-order valence-electron chi connectivity index (χ4n) is 3.43. The molecule has 0 aliphatic rings. The fourth-order valence-corrected chi connectivity index (χ4v) is 3.62. The van der Waals surface area contributed by atoms with E-state index >= 15 is 0 Å². The van der Waals surface area contributed by atoms with E-state index in [2.05, 4.69) is 10.6 Å². The van der Waals surface area contributed by atoms with Crippen LogP contribution in [-0.4, -0.2) is 16.4 Å². The molecule has 35 heavy (non-hydrogen) atoms. The topological polar surface area (TPSA) is 80.2 Å². The smallest absolute Gasteiger partial charge is 0.257 e. The molecule has 0 fully saturated rings. The zero-order valence-electron chi connectivity index (χ0n) is 18.5. The van der Waals surface area contributed by atoms with E-state index in [0.29, 0.717) is 27.4 Å². The molecule has 0 spiro atoms. The molecule has 0 aliphatic carbocycles. The van der Waals surface area contributed by atoms with E-state index in [4.69, 9.17) is 11.6 Å². The van der Waals surface area contributed by atoms with Crippen LogP contribution in [0.4, 0.5) is 10.1 Å². The third-order valence-corrected chi connectivity index (χ3v) is 5.72. The van der Waals surface area contributed by atoms with Crippen LogP contribution in [-0.2, 0) is 13.1 Å². The standard InChI is InChI=1S/C27H21ClFN3O3/c28-23-7-3-1-6-20(23)16-32-17-21(11-14-25(32)33)27(35)31-22-12-9-18(10-13-22)26(34)30-15-19-5-2-4-8-24(19)29/h1-14,17H,15-16H2,(H,30,34)(H,31,35). The summed E-state index contributed by atoms with van der Waals surface area (Å²) < 4.78 is 15.1. The van der Waals surface area contributed by atoms with Crippen LogP contribution in [0.15, 0.2) is 95.9 Å². The van der Waals surface area contributed by atoms with Gasteiger partial charge in [0, 0.05) is 40.6 Å². The predicted molar refractivity (Wildman–Crippen MR) is 133 cm³/mol. The second-order valence-corrected chi connectivity index (χ2v) is 8.19. The van der Waals surface area contributed by atoms with Crippen LogP contribution in [0.3, 0.4) is 0 Å². The van der Waals surface area contributed by atoms with Crippen molar-refractivity contribution in [2.24, 2.45) is 0 Å². The second-order valence-electron chi connectivity index (χ2n) is 7.78. The summed E-state index contributed by atoms with van der Waals surface area (Å²) in [7, 11) is 0. The Morgan fingerprint density at radius 1 is 0.800 bits per heavy atom. The Hall–Kier alpha value is -4.23. The van der Waals surface area contributed by atoms with Crippen molar-refractivity contribution in [3.63, 3.8) is 0 Å². The molecule has 4 rings (SSSR count). The Kier molecular flexibility index (Phi) is 7.38. The van der Waals surface area contributed by atoms with Gasteiger partial charge in [-0.05, 0) is 48.0 Å². The zero-order valence-corrected chi connectivity index (χ0v) is 19.3. The summed E-state index contributed by atoms with van der Waals surface area (Å²) >= 11 is 6.19. The van der Waals surface area contributed by atoms with Crippen molar-refractivity contribution in [1.29, 1.82) is 0 Å². The van der Waals surface area contributed by atoms with Crippen LogP contribution in [0.1, 0.15) is 31.8 Å². The number of nitrogens with one attached hydrogen (secondary N) is 2. The SMILES string of the molecule is O=C(NCc1ccccc1F)c1ccc(NC(=O)c2ccc(=O)n(Cc3ccccc3Cl)c2)cc1.